The van der Waals surface area contributed by atoms with Crippen LogP contribution in [-0.4, -0.2) is 25.8 Å². The van der Waals surface area contributed by atoms with Crippen molar-refractivity contribution in [3.05, 3.63) is 22.2 Å². The van der Waals surface area contributed by atoms with E-state index in [1.165, 1.54) is 16.4 Å². The summed E-state index contributed by atoms with van der Waals surface area (Å²) < 4.78 is 27.1. The van der Waals surface area contributed by atoms with Crippen LogP contribution in [0.3, 0.4) is 0 Å². The minimum atomic E-state index is -3.74. The fraction of sp³-hybridized carbons (Fsp3) is 0.571. The molecule has 1 saturated carbocycles. The zero-order valence-corrected chi connectivity index (χ0v) is 14.5. The highest BCUT2D eigenvalue weighted by Crippen LogP contribution is 2.37. The quantitative estimate of drug-likeness (QED) is 0.843. The molecule has 0 saturated heterocycles. The lowest BCUT2D eigenvalue weighted by Gasteiger charge is -2.35. The van der Waals surface area contributed by atoms with E-state index in [1.807, 2.05) is 0 Å². The SMILES string of the molecule is CC1CCCCC1N(C)S(=O)(=O)c1c(Cl)cc(N)cc1Cl. The monoisotopic (exact) mass is 350 g/mol. The number of nitrogens with zero attached hydrogens (tertiary/aromatic N) is 1. The molecule has 2 unspecified atom stereocenters. The van der Waals surface area contributed by atoms with Crippen molar-refractivity contribution >= 4 is 38.9 Å². The number of anilines is 1. The van der Waals surface area contributed by atoms with Crippen molar-refractivity contribution in [3.8, 4) is 0 Å². The Hall–Kier alpha value is -0.490. The third-order valence-electron chi connectivity index (χ3n) is 4.19. The van der Waals surface area contributed by atoms with E-state index in [1.54, 1.807) is 7.05 Å². The summed E-state index contributed by atoms with van der Waals surface area (Å²) in [5, 5.41) is 0.130. The topological polar surface area (TPSA) is 63.4 Å². The van der Waals surface area contributed by atoms with Crippen LogP contribution < -0.4 is 5.73 Å². The zero-order chi connectivity index (χ0) is 15.8. The van der Waals surface area contributed by atoms with Gasteiger partial charge in [0.05, 0.1) is 10.0 Å². The minimum Gasteiger partial charge on any atom is -0.399 e. The number of rotatable bonds is 3. The summed E-state index contributed by atoms with van der Waals surface area (Å²) in [7, 11) is -2.13. The van der Waals surface area contributed by atoms with Crippen molar-refractivity contribution in [3.63, 3.8) is 0 Å². The molecule has 2 atom stereocenters. The molecule has 7 heteroatoms. The largest absolute Gasteiger partial charge is 0.399 e. The Labute approximate surface area is 136 Å². The molecule has 0 amide bonds. The Morgan fingerprint density at radius 2 is 1.71 bits per heavy atom. The van der Waals surface area contributed by atoms with E-state index in [0.717, 1.165) is 25.7 Å². The predicted molar refractivity (Wildman–Crippen MR) is 87.2 cm³/mol. The second-order valence-electron chi connectivity index (χ2n) is 5.66. The Morgan fingerprint density at radius 3 is 2.24 bits per heavy atom. The van der Waals surface area contributed by atoms with Crippen LogP contribution in [0, 0.1) is 5.92 Å². The van der Waals surface area contributed by atoms with Crippen LogP contribution in [0.4, 0.5) is 5.69 Å². The predicted octanol–water partition coefficient (Wildman–Crippen LogP) is 3.77. The fourth-order valence-corrected chi connectivity index (χ4v) is 5.64. The molecule has 1 aliphatic carbocycles. The molecule has 0 radical (unpaired) electrons. The van der Waals surface area contributed by atoms with Crippen LogP contribution in [0.1, 0.15) is 32.6 Å². The molecule has 0 aliphatic heterocycles. The average molecular weight is 351 g/mol. The van der Waals surface area contributed by atoms with E-state index < -0.39 is 10.0 Å². The van der Waals surface area contributed by atoms with Crippen molar-refractivity contribution in [1.29, 1.82) is 0 Å². The lowest BCUT2D eigenvalue weighted by atomic mass is 9.86. The van der Waals surface area contributed by atoms with Crippen molar-refractivity contribution in [2.75, 3.05) is 12.8 Å². The van der Waals surface area contributed by atoms with Crippen LogP contribution in [0.2, 0.25) is 10.0 Å². The van der Waals surface area contributed by atoms with Crippen molar-refractivity contribution < 1.29 is 8.42 Å². The van der Waals surface area contributed by atoms with Gasteiger partial charge in [0.15, 0.2) is 0 Å². The van der Waals surface area contributed by atoms with Crippen LogP contribution in [0.5, 0.6) is 0 Å². The summed E-state index contributed by atoms with van der Waals surface area (Å²) >= 11 is 12.1. The lowest BCUT2D eigenvalue weighted by molar-refractivity contribution is 0.213. The third-order valence-corrected chi connectivity index (χ3v) is 7.00. The summed E-state index contributed by atoms with van der Waals surface area (Å²) in [5.41, 5.74) is 5.98. The van der Waals surface area contributed by atoms with Gasteiger partial charge in [0.2, 0.25) is 10.0 Å². The number of nitrogens with two attached hydrogens (primary N) is 1. The van der Waals surface area contributed by atoms with Gasteiger partial charge in [-0.2, -0.15) is 4.31 Å². The maximum atomic E-state index is 12.8. The van der Waals surface area contributed by atoms with E-state index in [4.69, 9.17) is 28.9 Å². The van der Waals surface area contributed by atoms with Gasteiger partial charge in [-0.25, -0.2) is 8.42 Å². The second-order valence-corrected chi connectivity index (χ2v) is 8.41. The molecule has 118 valence electrons. The molecular weight excluding hydrogens is 331 g/mol. The molecule has 0 bridgehead atoms. The molecule has 2 N–H and O–H groups in total. The van der Waals surface area contributed by atoms with Crippen LogP contribution in [-0.2, 0) is 10.0 Å². The Kier molecular flexibility index (Phi) is 5.08. The molecule has 4 nitrogen and oxygen atoms in total. The second kappa shape index (κ2) is 6.32. The van der Waals surface area contributed by atoms with E-state index in [9.17, 15) is 8.42 Å². The van der Waals surface area contributed by atoms with E-state index in [0.29, 0.717) is 11.6 Å². The van der Waals surface area contributed by atoms with Gasteiger partial charge in [-0.15, -0.1) is 0 Å². The number of hydrogen-bond acceptors (Lipinski definition) is 3. The molecule has 2 rings (SSSR count). The van der Waals surface area contributed by atoms with Crippen LogP contribution in [0.25, 0.3) is 0 Å². The smallest absolute Gasteiger partial charge is 0.246 e. The Bertz CT molecular complexity index is 611. The Balaban J connectivity index is 2.42. The summed E-state index contributed by atoms with van der Waals surface area (Å²) in [6.45, 7) is 2.09. The number of benzene rings is 1. The highest BCUT2D eigenvalue weighted by atomic mass is 35.5. The molecule has 1 aliphatic rings. The van der Waals surface area contributed by atoms with Gasteiger partial charge in [0.1, 0.15) is 4.90 Å². The number of sulfonamides is 1. The summed E-state index contributed by atoms with van der Waals surface area (Å²) in [5.74, 6) is 0.324. The first-order valence-electron chi connectivity index (χ1n) is 6.97. The first-order chi connectivity index (χ1) is 9.75. The van der Waals surface area contributed by atoms with Gasteiger partial charge >= 0.3 is 0 Å². The van der Waals surface area contributed by atoms with Crippen molar-refractivity contribution in [2.24, 2.45) is 5.92 Å². The highest BCUT2D eigenvalue weighted by Gasteiger charge is 2.35. The first kappa shape index (κ1) is 16.9. The maximum Gasteiger partial charge on any atom is 0.246 e. The molecule has 1 fully saturated rings. The molecule has 0 spiro atoms. The van der Waals surface area contributed by atoms with E-state index in [-0.39, 0.29) is 21.0 Å². The van der Waals surface area contributed by atoms with E-state index in [2.05, 4.69) is 6.92 Å². The first-order valence-corrected chi connectivity index (χ1v) is 9.17. The number of hydrogen-bond donors (Lipinski definition) is 1. The normalized spacial score (nSPS) is 23.5. The zero-order valence-electron chi connectivity index (χ0n) is 12.1. The molecule has 1 aromatic carbocycles. The summed E-state index contributed by atoms with van der Waals surface area (Å²) in [6.07, 6.45) is 4.09. The average Bonchev–Trinajstić information content (AvgIpc) is 2.36. The minimum absolute atomic E-state index is 0.0200. The van der Waals surface area contributed by atoms with Gasteiger partial charge in [-0.3, -0.25) is 0 Å². The molecule has 0 heterocycles. The standard InChI is InChI=1S/C14H20Cl2N2O2S/c1-9-5-3-4-6-13(9)18(2)21(19,20)14-11(15)7-10(17)8-12(14)16/h7-9,13H,3-6,17H2,1-2H3. The van der Waals surface area contributed by atoms with Crippen LogP contribution >= 0.6 is 23.2 Å². The van der Waals surface area contributed by atoms with Gasteiger partial charge in [0.25, 0.3) is 0 Å². The van der Waals surface area contributed by atoms with E-state index >= 15 is 0 Å². The van der Waals surface area contributed by atoms with Gasteiger partial charge in [0, 0.05) is 18.8 Å². The van der Waals surface area contributed by atoms with Gasteiger partial charge < -0.3 is 5.73 Å². The van der Waals surface area contributed by atoms with Crippen LogP contribution in [0.15, 0.2) is 17.0 Å². The molecule has 21 heavy (non-hydrogen) atoms. The fourth-order valence-electron chi connectivity index (χ4n) is 2.99. The lowest BCUT2D eigenvalue weighted by Crippen LogP contribution is -2.42. The van der Waals surface area contributed by atoms with Crippen molar-refractivity contribution in [1.82, 2.24) is 4.31 Å². The summed E-state index contributed by atoms with van der Waals surface area (Å²) in [4.78, 5) is -0.0553. The number of halogens is 2. The Morgan fingerprint density at radius 1 is 1.19 bits per heavy atom. The van der Waals surface area contributed by atoms with Gasteiger partial charge in [-0.1, -0.05) is 43.0 Å². The van der Waals surface area contributed by atoms with Gasteiger partial charge in [-0.05, 0) is 30.9 Å². The number of nitrogen functional groups attached to an aromatic ring is 1. The molecule has 0 aromatic heterocycles. The summed E-state index contributed by atoms with van der Waals surface area (Å²) in [6, 6.07) is 2.81. The third kappa shape index (κ3) is 3.31. The highest BCUT2D eigenvalue weighted by molar-refractivity contribution is 7.89. The maximum absolute atomic E-state index is 12.8. The van der Waals surface area contributed by atoms with Crippen molar-refractivity contribution in [2.45, 2.75) is 43.5 Å². The molecular formula is C14H20Cl2N2O2S. The molecule has 1 aromatic rings.